The van der Waals surface area contributed by atoms with E-state index in [2.05, 4.69) is 5.32 Å². The molecule has 7 nitrogen and oxygen atoms in total. The summed E-state index contributed by atoms with van der Waals surface area (Å²) in [5.41, 5.74) is 2.49. The highest BCUT2D eigenvalue weighted by Gasteiger charge is 2.29. The lowest BCUT2D eigenvalue weighted by molar-refractivity contribution is -0.0502. The Morgan fingerprint density at radius 1 is 0.884 bits per heavy atom. The van der Waals surface area contributed by atoms with Crippen molar-refractivity contribution in [3.8, 4) is 0 Å². The monoisotopic (exact) mass is 596 g/mol. The molecule has 3 N–H and O–H groups in total. The topological polar surface area (TPSA) is 99.1 Å². The van der Waals surface area contributed by atoms with E-state index < -0.39 is 35.8 Å². The standard InChI is InChI=1S/C34H42F2N2O5/c1-4-12-38(13-5-2)34(42)27-16-23(3)15-26(20-27)33(41)37-30(19-25-17-28(35)21-29(36)18-25)32(40)31(39)22-43-14-11-24-9-7-6-8-10-24/h6-10,15-18,20-21,30-32,39-40H,4-5,11-14,19,22H2,1-3H3,(H,37,41)/t30-,31-,32+/m0/s1. The number of hydrogen-bond acceptors (Lipinski definition) is 5. The summed E-state index contributed by atoms with van der Waals surface area (Å²) in [5, 5.41) is 24.6. The molecule has 0 bridgehead atoms. The van der Waals surface area contributed by atoms with Crippen molar-refractivity contribution in [2.24, 2.45) is 0 Å². The van der Waals surface area contributed by atoms with Gasteiger partial charge in [0.15, 0.2) is 0 Å². The van der Waals surface area contributed by atoms with Crippen LogP contribution in [-0.2, 0) is 17.6 Å². The van der Waals surface area contributed by atoms with E-state index in [1.165, 1.54) is 6.07 Å². The first-order chi connectivity index (χ1) is 20.6. The average Bonchev–Trinajstić information content (AvgIpc) is 2.97. The van der Waals surface area contributed by atoms with Crippen molar-refractivity contribution in [1.29, 1.82) is 0 Å². The van der Waals surface area contributed by atoms with Gasteiger partial charge in [0.2, 0.25) is 0 Å². The van der Waals surface area contributed by atoms with Crippen LogP contribution in [0.3, 0.4) is 0 Å². The fraction of sp³-hybridized carbons (Fsp3) is 0.412. The van der Waals surface area contributed by atoms with Crippen molar-refractivity contribution in [3.05, 3.63) is 106 Å². The van der Waals surface area contributed by atoms with Crippen LogP contribution in [0.4, 0.5) is 8.78 Å². The van der Waals surface area contributed by atoms with E-state index >= 15 is 0 Å². The second-order valence-electron chi connectivity index (χ2n) is 10.8. The van der Waals surface area contributed by atoms with E-state index in [1.54, 1.807) is 24.0 Å². The summed E-state index contributed by atoms with van der Waals surface area (Å²) in [7, 11) is 0. The molecule has 0 saturated carbocycles. The first kappa shape index (κ1) is 33.8. The van der Waals surface area contributed by atoms with Crippen LogP contribution in [0.15, 0.2) is 66.7 Å². The van der Waals surface area contributed by atoms with Crippen LogP contribution in [0.1, 0.15) is 64.1 Å². The number of nitrogens with one attached hydrogen (secondary N) is 1. The molecule has 0 radical (unpaired) electrons. The second-order valence-corrected chi connectivity index (χ2v) is 10.8. The predicted molar refractivity (Wildman–Crippen MR) is 162 cm³/mol. The molecule has 3 aromatic rings. The van der Waals surface area contributed by atoms with E-state index in [4.69, 9.17) is 4.74 Å². The van der Waals surface area contributed by atoms with Crippen LogP contribution < -0.4 is 5.32 Å². The number of ether oxygens (including phenoxy) is 1. The smallest absolute Gasteiger partial charge is 0.253 e. The lowest BCUT2D eigenvalue weighted by Crippen LogP contribution is -2.51. The van der Waals surface area contributed by atoms with Gasteiger partial charge in [0.1, 0.15) is 23.8 Å². The number of nitrogens with zero attached hydrogens (tertiary/aromatic N) is 1. The molecule has 0 spiro atoms. The highest BCUT2D eigenvalue weighted by atomic mass is 19.1. The molecular formula is C34H42F2N2O5. The Kier molecular flexibility index (Phi) is 13.3. The SMILES string of the molecule is CCCN(CCC)C(=O)c1cc(C)cc(C(=O)N[C@@H](Cc2cc(F)cc(F)c2)[C@@H](O)[C@@H](O)COCCc2ccccc2)c1. The van der Waals surface area contributed by atoms with Gasteiger partial charge < -0.3 is 25.2 Å². The first-order valence-corrected chi connectivity index (χ1v) is 14.8. The largest absolute Gasteiger partial charge is 0.388 e. The van der Waals surface area contributed by atoms with Crippen molar-refractivity contribution in [1.82, 2.24) is 10.2 Å². The lowest BCUT2D eigenvalue weighted by atomic mass is 9.96. The summed E-state index contributed by atoms with van der Waals surface area (Å²) in [4.78, 5) is 28.4. The molecule has 0 saturated heterocycles. The van der Waals surface area contributed by atoms with Crippen molar-refractivity contribution < 1.29 is 33.3 Å². The van der Waals surface area contributed by atoms with Crippen LogP contribution in [0.5, 0.6) is 0 Å². The van der Waals surface area contributed by atoms with Gasteiger partial charge in [-0.05, 0) is 79.6 Å². The van der Waals surface area contributed by atoms with Gasteiger partial charge >= 0.3 is 0 Å². The molecule has 3 aromatic carbocycles. The number of aliphatic hydroxyl groups is 2. The molecule has 0 heterocycles. The van der Waals surface area contributed by atoms with Gasteiger partial charge in [-0.25, -0.2) is 8.78 Å². The van der Waals surface area contributed by atoms with Gasteiger partial charge in [0, 0.05) is 30.3 Å². The lowest BCUT2D eigenvalue weighted by Gasteiger charge is -2.28. The molecule has 0 aliphatic carbocycles. The Bertz CT molecular complexity index is 1310. The van der Waals surface area contributed by atoms with Crippen LogP contribution >= 0.6 is 0 Å². The van der Waals surface area contributed by atoms with Crippen LogP contribution in [-0.4, -0.2) is 71.5 Å². The number of aliphatic hydroxyl groups excluding tert-OH is 2. The number of carbonyl (C=O) groups is 2. The summed E-state index contributed by atoms with van der Waals surface area (Å²) in [6, 6.07) is 16.3. The Labute approximate surface area is 252 Å². The third-order valence-electron chi connectivity index (χ3n) is 7.03. The number of rotatable bonds is 16. The normalized spacial score (nSPS) is 13.3. The van der Waals surface area contributed by atoms with Crippen LogP contribution in [0.2, 0.25) is 0 Å². The van der Waals surface area contributed by atoms with E-state index in [0.717, 1.165) is 36.6 Å². The number of amides is 2. The zero-order valence-electron chi connectivity index (χ0n) is 25.1. The maximum Gasteiger partial charge on any atom is 0.253 e. The molecule has 9 heteroatoms. The van der Waals surface area contributed by atoms with Gasteiger partial charge in [-0.15, -0.1) is 0 Å². The van der Waals surface area contributed by atoms with Gasteiger partial charge in [0.05, 0.1) is 19.3 Å². The van der Waals surface area contributed by atoms with Crippen LogP contribution in [0.25, 0.3) is 0 Å². The Hall–Kier alpha value is -3.66. The van der Waals surface area contributed by atoms with E-state index in [1.807, 2.05) is 44.2 Å². The molecule has 0 aliphatic heterocycles. The molecule has 0 aliphatic rings. The number of halogens is 2. The Morgan fingerprint density at radius 2 is 1.51 bits per heavy atom. The van der Waals surface area contributed by atoms with Gasteiger partial charge in [-0.1, -0.05) is 44.2 Å². The maximum atomic E-state index is 14.0. The minimum Gasteiger partial charge on any atom is -0.388 e. The molecule has 0 fully saturated rings. The fourth-order valence-electron chi connectivity index (χ4n) is 4.97. The number of carbonyl (C=O) groups excluding carboxylic acids is 2. The van der Waals surface area contributed by atoms with Gasteiger partial charge in [-0.2, -0.15) is 0 Å². The highest BCUT2D eigenvalue weighted by Crippen LogP contribution is 2.17. The quantitative estimate of drug-likeness (QED) is 0.205. The molecule has 232 valence electrons. The predicted octanol–water partition coefficient (Wildman–Crippen LogP) is 4.86. The summed E-state index contributed by atoms with van der Waals surface area (Å²) >= 11 is 0. The summed E-state index contributed by atoms with van der Waals surface area (Å²) in [6.45, 7) is 7.01. The maximum absolute atomic E-state index is 14.0. The Morgan fingerprint density at radius 3 is 2.14 bits per heavy atom. The van der Waals surface area contributed by atoms with Gasteiger partial charge in [0.25, 0.3) is 11.8 Å². The average molecular weight is 597 g/mol. The van der Waals surface area contributed by atoms with E-state index in [9.17, 15) is 28.6 Å². The third-order valence-corrected chi connectivity index (χ3v) is 7.03. The third kappa shape index (κ3) is 10.5. The van der Waals surface area contributed by atoms with E-state index in [0.29, 0.717) is 37.2 Å². The molecule has 43 heavy (non-hydrogen) atoms. The van der Waals surface area contributed by atoms with Crippen LogP contribution in [0, 0.1) is 18.6 Å². The first-order valence-electron chi connectivity index (χ1n) is 14.8. The summed E-state index contributed by atoms with van der Waals surface area (Å²) in [6.07, 6.45) is -0.892. The summed E-state index contributed by atoms with van der Waals surface area (Å²) < 4.78 is 33.5. The van der Waals surface area contributed by atoms with Gasteiger partial charge in [-0.3, -0.25) is 9.59 Å². The van der Waals surface area contributed by atoms with E-state index in [-0.39, 0.29) is 30.1 Å². The number of hydrogen-bond donors (Lipinski definition) is 3. The molecule has 0 aromatic heterocycles. The molecular weight excluding hydrogens is 554 g/mol. The zero-order chi connectivity index (χ0) is 31.4. The van der Waals surface area contributed by atoms with Crippen molar-refractivity contribution in [2.75, 3.05) is 26.3 Å². The van der Waals surface area contributed by atoms with Crippen molar-refractivity contribution in [3.63, 3.8) is 0 Å². The molecule has 3 atom stereocenters. The molecule has 2 amide bonds. The zero-order valence-corrected chi connectivity index (χ0v) is 25.1. The Balaban J connectivity index is 1.78. The van der Waals surface area contributed by atoms with Crippen molar-refractivity contribution in [2.45, 2.75) is 64.7 Å². The molecule has 0 unspecified atom stereocenters. The number of aryl methyl sites for hydroxylation is 1. The number of benzene rings is 3. The fourth-order valence-corrected chi connectivity index (χ4v) is 4.97. The highest BCUT2D eigenvalue weighted by molar-refractivity contribution is 6.00. The molecule has 3 rings (SSSR count). The second kappa shape index (κ2) is 16.8. The minimum atomic E-state index is -1.53. The van der Waals surface area contributed by atoms with Crippen molar-refractivity contribution >= 4 is 11.8 Å². The minimum absolute atomic E-state index is 0.166. The summed E-state index contributed by atoms with van der Waals surface area (Å²) in [5.74, 6) is -2.39.